The highest BCUT2D eigenvalue weighted by Crippen LogP contribution is 2.44. The predicted molar refractivity (Wildman–Crippen MR) is 124 cm³/mol. The number of aromatic nitrogens is 2. The standard InChI is InChI=1S/C25H24N4O5/c1-25(23(31)32)13-29(14-25)22(30)21-20(11-26-28(21)2)27-24(33)34-12-19-17-9-5-3-7-15(17)16-8-4-6-10-18(16)19/h3-11,19H,12-14H2,1-2H3,(H,27,33)(H,31,32). The number of fused-ring (bicyclic) bond motifs is 3. The van der Waals surface area contributed by atoms with Gasteiger partial charge in [0, 0.05) is 26.1 Å². The molecule has 1 saturated heterocycles. The van der Waals surface area contributed by atoms with E-state index in [1.165, 1.54) is 15.8 Å². The van der Waals surface area contributed by atoms with Gasteiger partial charge in [-0.15, -0.1) is 0 Å². The molecule has 2 amide bonds. The second-order valence-corrected chi connectivity index (χ2v) is 9.01. The minimum Gasteiger partial charge on any atom is -0.481 e. The first-order valence-corrected chi connectivity index (χ1v) is 10.9. The molecule has 174 valence electrons. The van der Waals surface area contributed by atoms with Crippen molar-refractivity contribution in [3.8, 4) is 11.1 Å². The van der Waals surface area contributed by atoms with Gasteiger partial charge in [-0.2, -0.15) is 5.10 Å². The van der Waals surface area contributed by atoms with Crippen LogP contribution in [0.3, 0.4) is 0 Å². The van der Waals surface area contributed by atoms with Gasteiger partial charge in [0.2, 0.25) is 0 Å². The first kappa shape index (κ1) is 21.7. The molecular formula is C25H24N4O5. The van der Waals surface area contributed by atoms with Crippen molar-refractivity contribution < 1.29 is 24.2 Å². The molecule has 0 atom stereocenters. The molecule has 9 heteroatoms. The summed E-state index contributed by atoms with van der Waals surface area (Å²) >= 11 is 0. The van der Waals surface area contributed by atoms with Gasteiger partial charge in [0.25, 0.3) is 5.91 Å². The van der Waals surface area contributed by atoms with Crippen LogP contribution in [-0.4, -0.2) is 57.5 Å². The van der Waals surface area contributed by atoms with Gasteiger partial charge in [0.15, 0.2) is 0 Å². The van der Waals surface area contributed by atoms with Crippen LogP contribution in [0, 0.1) is 5.41 Å². The van der Waals surface area contributed by atoms with Gasteiger partial charge in [-0.1, -0.05) is 48.5 Å². The van der Waals surface area contributed by atoms with Crippen LogP contribution < -0.4 is 5.32 Å². The molecule has 5 rings (SSSR count). The van der Waals surface area contributed by atoms with E-state index in [0.29, 0.717) is 0 Å². The van der Waals surface area contributed by atoms with Crippen LogP contribution in [-0.2, 0) is 16.6 Å². The number of aryl methyl sites for hydroxylation is 1. The molecule has 2 aliphatic rings. The molecule has 1 fully saturated rings. The lowest BCUT2D eigenvalue weighted by molar-refractivity contribution is -0.155. The van der Waals surface area contributed by atoms with E-state index in [1.54, 1.807) is 14.0 Å². The van der Waals surface area contributed by atoms with E-state index in [9.17, 15) is 19.5 Å². The van der Waals surface area contributed by atoms with Gasteiger partial charge in [-0.25, -0.2) is 4.79 Å². The summed E-state index contributed by atoms with van der Waals surface area (Å²) in [6.07, 6.45) is 0.688. The molecule has 0 saturated carbocycles. The van der Waals surface area contributed by atoms with E-state index < -0.39 is 23.4 Å². The molecule has 2 heterocycles. The zero-order valence-electron chi connectivity index (χ0n) is 18.8. The Labute approximate surface area is 195 Å². The van der Waals surface area contributed by atoms with E-state index in [-0.39, 0.29) is 37.0 Å². The van der Waals surface area contributed by atoms with Crippen molar-refractivity contribution >= 4 is 23.7 Å². The maximum Gasteiger partial charge on any atom is 0.411 e. The van der Waals surface area contributed by atoms with Crippen molar-refractivity contribution in [1.82, 2.24) is 14.7 Å². The molecule has 34 heavy (non-hydrogen) atoms. The Bertz CT molecular complexity index is 1260. The zero-order chi connectivity index (χ0) is 24.0. The summed E-state index contributed by atoms with van der Waals surface area (Å²) in [4.78, 5) is 38.4. The summed E-state index contributed by atoms with van der Waals surface area (Å²) in [5, 5.41) is 16.0. The summed E-state index contributed by atoms with van der Waals surface area (Å²) in [6, 6.07) is 16.1. The summed E-state index contributed by atoms with van der Waals surface area (Å²) < 4.78 is 6.92. The maximum absolute atomic E-state index is 12.9. The lowest BCUT2D eigenvalue weighted by atomic mass is 9.82. The fourth-order valence-electron chi connectivity index (χ4n) is 4.75. The Morgan fingerprint density at radius 2 is 1.68 bits per heavy atom. The molecule has 1 aromatic heterocycles. The molecular weight excluding hydrogens is 436 g/mol. The first-order valence-electron chi connectivity index (χ1n) is 10.9. The van der Waals surface area contributed by atoms with Crippen LogP contribution >= 0.6 is 0 Å². The third-order valence-corrected chi connectivity index (χ3v) is 6.60. The number of carbonyl (C=O) groups is 3. The molecule has 3 aromatic rings. The van der Waals surface area contributed by atoms with E-state index in [2.05, 4.69) is 22.5 Å². The number of hydrogen-bond donors (Lipinski definition) is 2. The minimum absolute atomic E-state index is 0.0806. The number of anilines is 1. The Hall–Kier alpha value is -4.14. The fraction of sp³-hybridized carbons (Fsp3) is 0.280. The van der Waals surface area contributed by atoms with Gasteiger partial charge in [-0.05, 0) is 29.2 Å². The van der Waals surface area contributed by atoms with E-state index in [4.69, 9.17) is 4.74 Å². The van der Waals surface area contributed by atoms with Crippen LogP contribution in [0.15, 0.2) is 54.7 Å². The van der Waals surface area contributed by atoms with Crippen molar-refractivity contribution in [2.45, 2.75) is 12.8 Å². The lowest BCUT2D eigenvalue weighted by Gasteiger charge is -2.44. The number of hydrogen-bond acceptors (Lipinski definition) is 5. The number of nitrogens with zero attached hydrogens (tertiary/aromatic N) is 3. The number of rotatable bonds is 5. The highest BCUT2D eigenvalue weighted by Gasteiger charge is 2.48. The third-order valence-electron chi connectivity index (χ3n) is 6.60. The topological polar surface area (TPSA) is 114 Å². The minimum atomic E-state index is -0.964. The lowest BCUT2D eigenvalue weighted by Crippen LogP contribution is -2.60. The summed E-state index contributed by atoms with van der Waals surface area (Å²) in [5.74, 6) is -1.42. The van der Waals surface area contributed by atoms with Crippen molar-refractivity contribution in [2.75, 3.05) is 25.0 Å². The zero-order valence-corrected chi connectivity index (χ0v) is 18.8. The second kappa shape index (κ2) is 8.02. The number of nitrogens with one attached hydrogen (secondary N) is 1. The Kier molecular flexibility index (Phi) is 5.11. The van der Waals surface area contributed by atoms with Crippen LogP contribution in [0.2, 0.25) is 0 Å². The highest BCUT2D eigenvalue weighted by molar-refractivity contribution is 6.02. The summed E-state index contributed by atoms with van der Waals surface area (Å²) in [6.45, 7) is 1.93. The van der Waals surface area contributed by atoms with Gasteiger partial charge in [0.05, 0.1) is 11.9 Å². The average molecular weight is 460 g/mol. The molecule has 0 bridgehead atoms. The SMILES string of the molecule is Cn1ncc(NC(=O)OCC2c3ccccc3-c3ccccc32)c1C(=O)N1CC(C)(C(=O)O)C1. The normalized spacial score (nSPS) is 15.8. The smallest absolute Gasteiger partial charge is 0.411 e. The molecule has 0 radical (unpaired) electrons. The average Bonchev–Trinajstić information content (AvgIpc) is 3.32. The van der Waals surface area contributed by atoms with Crippen LogP contribution in [0.25, 0.3) is 11.1 Å². The van der Waals surface area contributed by atoms with Crippen LogP contribution in [0.1, 0.15) is 34.5 Å². The second-order valence-electron chi connectivity index (χ2n) is 9.01. The Morgan fingerprint density at radius 1 is 1.09 bits per heavy atom. The highest BCUT2D eigenvalue weighted by atomic mass is 16.5. The molecule has 1 aliphatic heterocycles. The van der Waals surface area contributed by atoms with Gasteiger partial charge < -0.3 is 14.7 Å². The van der Waals surface area contributed by atoms with E-state index >= 15 is 0 Å². The molecule has 9 nitrogen and oxygen atoms in total. The summed E-state index contributed by atoms with van der Waals surface area (Å²) in [5.41, 5.74) is 3.90. The summed E-state index contributed by atoms with van der Waals surface area (Å²) in [7, 11) is 1.59. The van der Waals surface area contributed by atoms with Gasteiger partial charge in [0.1, 0.15) is 17.7 Å². The van der Waals surface area contributed by atoms with Crippen molar-refractivity contribution in [1.29, 1.82) is 0 Å². The molecule has 0 spiro atoms. The monoisotopic (exact) mass is 460 g/mol. The number of carboxylic acid groups (broad SMARTS) is 1. The van der Waals surface area contributed by atoms with E-state index in [0.717, 1.165) is 22.3 Å². The number of ether oxygens (including phenoxy) is 1. The third kappa shape index (κ3) is 3.49. The number of amides is 2. The van der Waals surface area contributed by atoms with E-state index in [1.807, 2.05) is 36.4 Å². The largest absolute Gasteiger partial charge is 0.481 e. The Morgan fingerprint density at radius 3 is 2.26 bits per heavy atom. The number of likely N-dealkylation sites (tertiary alicyclic amines) is 1. The fourth-order valence-corrected chi connectivity index (χ4v) is 4.75. The number of aliphatic carboxylic acids is 1. The van der Waals surface area contributed by atoms with Crippen LogP contribution in [0.4, 0.5) is 10.5 Å². The quantitative estimate of drug-likeness (QED) is 0.604. The maximum atomic E-state index is 12.9. The Balaban J connectivity index is 1.27. The van der Waals surface area contributed by atoms with Gasteiger partial charge >= 0.3 is 12.1 Å². The molecule has 2 aromatic carbocycles. The number of benzene rings is 2. The van der Waals surface area contributed by atoms with Crippen molar-refractivity contribution in [3.05, 3.63) is 71.5 Å². The molecule has 0 unspecified atom stereocenters. The number of carboxylic acids is 1. The molecule has 1 aliphatic carbocycles. The molecule has 2 N–H and O–H groups in total. The first-order chi connectivity index (χ1) is 16.3. The predicted octanol–water partition coefficient (Wildman–Crippen LogP) is 3.33. The van der Waals surface area contributed by atoms with Crippen LogP contribution in [0.5, 0.6) is 0 Å². The van der Waals surface area contributed by atoms with Crippen molar-refractivity contribution in [3.63, 3.8) is 0 Å². The number of carbonyl (C=O) groups excluding carboxylic acids is 2. The van der Waals surface area contributed by atoms with Gasteiger partial charge in [-0.3, -0.25) is 19.6 Å². The van der Waals surface area contributed by atoms with Crippen molar-refractivity contribution in [2.24, 2.45) is 12.5 Å².